The predicted molar refractivity (Wildman–Crippen MR) is 126 cm³/mol. The largest absolute Gasteiger partial charge is 0.342 e. The van der Waals surface area contributed by atoms with Crippen LogP contribution in [0.1, 0.15) is 11.1 Å². The zero-order valence-electron chi connectivity index (χ0n) is 15.6. The van der Waals surface area contributed by atoms with Crippen LogP contribution in [0.3, 0.4) is 0 Å². The molecule has 0 saturated carbocycles. The van der Waals surface area contributed by atoms with Gasteiger partial charge < -0.3 is 9.47 Å². The van der Waals surface area contributed by atoms with Gasteiger partial charge in [0.15, 0.2) is 5.11 Å². The molecule has 1 fully saturated rings. The van der Waals surface area contributed by atoms with E-state index in [9.17, 15) is 4.79 Å². The molecule has 1 amide bonds. The molecular weight excluding hydrogens is 493 g/mol. The van der Waals surface area contributed by atoms with Crippen LogP contribution in [-0.2, 0) is 11.3 Å². The molecular formula is C21H16BrCl2N3OS. The highest BCUT2D eigenvalue weighted by atomic mass is 79.9. The van der Waals surface area contributed by atoms with Gasteiger partial charge in [0.1, 0.15) is 5.70 Å². The van der Waals surface area contributed by atoms with E-state index in [1.54, 1.807) is 25.1 Å². The van der Waals surface area contributed by atoms with Crippen LogP contribution in [0.5, 0.6) is 0 Å². The number of aromatic nitrogens is 1. The third-order valence-electron chi connectivity index (χ3n) is 4.98. The fourth-order valence-corrected chi connectivity index (χ4v) is 4.42. The summed E-state index contributed by atoms with van der Waals surface area (Å²) in [4.78, 5) is 15.8. The molecule has 148 valence electrons. The van der Waals surface area contributed by atoms with E-state index in [2.05, 4.69) is 20.5 Å². The molecule has 4 nitrogen and oxygen atoms in total. The van der Waals surface area contributed by atoms with Crippen molar-refractivity contribution in [3.05, 3.63) is 73.9 Å². The number of benzene rings is 2. The minimum Gasteiger partial charge on any atom is -0.342 e. The van der Waals surface area contributed by atoms with E-state index in [1.165, 1.54) is 4.90 Å². The van der Waals surface area contributed by atoms with Crippen LogP contribution in [0, 0.1) is 0 Å². The number of carbonyl (C=O) groups excluding carboxylic acids is 1. The lowest BCUT2D eigenvalue weighted by molar-refractivity contribution is -0.121. The second-order valence-corrected chi connectivity index (χ2v) is 8.97. The molecule has 1 aliphatic rings. The second kappa shape index (κ2) is 7.76. The monoisotopic (exact) mass is 507 g/mol. The summed E-state index contributed by atoms with van der Waals surface area (Å²) in [5, 5.41) is 2.74. The Morgan fingerprint density at radius 3 is 2.52 bits per heavy atom. The maximum Gasteiger partial charge on any atom is 0.276 e. The number of hydrogen-bond acceptors (Lipinski definition) is 2. The Bertz CT molecular complexity index is 1200. The number of likely N-dealkylation sites (N-methyl/N-ethyl adjacent to an activating group) is 2. The first-order valence-electron chi connectivity index (χ1n) is 8.76. The zero-order chi connectivity index (χ0) is 20.9. The van der Waals surface area contributed by atoms with E-state index in [0.29, 0.717) is 27.4 Å². The maximum atomic E-state index is 12.6. The van der Waals surface area contributed by atoms with Gasteiger partial charge in [-0.15, -0.1) is 0 Å². The molecule has 4 rings (SSSR count). The quantitative estimate of drug-likeness (QED) is 0.331. The van der Waals surface area contributed by atoms with E-state index in [1.807, 2.05) is 42.6 Å². The Balaban J connectivity index is 1.84. The minimum atomic E-state index is -0.117. The highest BCUT2D eigenvalue weighted by Crippen LogP contribution is 2.31. The standard InChI is InChI=1S/C21H16BrCl2N3OS/c1-25-19(20(28)26(2)21(25)29)7-13-11-27(18-6-4-14(22)8-16(13)18)10-12-3-5-15(23)9-17(12)24/h3-9,11H,10H2,1-2H3/b19-7-. The molecule has 0 radical (unpaired) electrons. The van der Waals surface area contributed by atoms with Gasteiger partial charge in [-0.2, -0.15) is 0 Å². The van der Waals surface area contributed by atoms with Crippen LogP contribution >= 0.6 is 51.3 Å². The fraction of sp³-hybridized carbons (Fsp3) is 0.143. The van der Waals surface area contributed by atoms with Gasteiger partial charge in [0.05, 0.1) is 0 Å². The highest BCUT2D eigenvalue weighted by Gasteiger charge is 2.33. The number of hydrogen-bond donors (Lipinski definition) is 0. The van der Waals surface area contributed by atoms with Crippen LogP contribution in [-0.4, -0.2) is 39.5 Å². The van der Waals surface area contributed by atoms with E-state index < -0.39 is 0 Å². The molecule has 29 heavy (non-hydrogen) atoms. The van der Waals surface area contributed by atoms with Crippen LogP contribution in [0.2, 0.25) is 10.0 Å². The Hall–Kier alpha value is -1.86. The predicted octanol–water partition coefficient (Wildman–Crippen LogP) is 5.79. The Morgan fingerprint density at radius 2 is 1.86 bits per heavy atom. The molecule has 0 spiro atoms. The third kappa shape index (κ3) is 3.70. The summed E-state index contributed by atoms with van der Waals surface area (Å²) < 4.78 is 3.08. The summed E-state index contributed by atoms with van der Waals surface area (Å²) in [5.41, 5.74) is 3.47. The highest BCUT2D eigenvalue weighted by molar-refractivity contribution is 9.10. The molecule has 2 heterocycles. The van der Waals surface area contributed by atoms with Crippen LogP contribution in [0.4, 0.5) is 0 Å². The van der Waals surface area contributed by atoms with Crippen molar-refractivity contribution in [1.82, 2.24) is 14.4 Å². The Labute approximate surface area is 192 Å². The van der Waals surface area contributed by atoms with Crippen LogP contribution < -0.4 is 0 Å². The number of amides is 1. The molecule has 2 aromatic carbocycles. The lowest BCUT2D eigenvalue weighted by Crippen LogP contribution is -2.26. The minimum absolute atomic E-state index is 0.117. The van der Waals surface area contributed by atoms with Gasteiger partial charge in [-0.25, -0.2) is 0 Å². The Kier molecular flexibility index (Phi) is 5.46. The first-order valence-corrected chi connectivity index (χ1v) is 10.7. The van der Waals surface area contributed by atoms with Crippen molar-refractivity contribution in [3.8, 4) is 0 Å². The summed E-state index contributed by atoms with van der Waals surface area (Å²) >= 11 is 21.3. The molecule has 0 atom stereocenters. The van der Waals surface area contributed by atoms with Crippen molar-refractivity contribution in [2.45, 2.75) is 6.54 Å². The van der Waals surface area contributed by atoms with Gasteiger partial charge in [0, 0.05) is 57.8 Å². The zero-order valence-corrected chi connectivity index (χ0v) is 19.5. The van der Waals surface area contributed by atoms with Gasteiger partial charge in [0.25, 0.3) is 5.91 Å². The van der Waals surface area contributed by atoms with Crippen LogP contribution in [0.15, 0.2) is 52.8 Å². The second-order valence-electron chi connectivity index (χ2n) is 6.84. The number of halogens is 3. The number of carbonyl (C=O) groups is 1. The molecule has 0 bridgehead atoms. The van der Waals surface area contributed by atoms with Gasteiger partial charge in [0.2, 0.25) is 0 Å². The van der Waals surface area contributed by atoms with Gasteiger partial charge in [-0.1, -0.05) is 45.2 Å². The van der Waals surface area contributed by atoms with E-state index in [4.69, 9.17) is 35.4 Å². The maximum absolute atomic E-state index is 12.6. The molecule has 8 heteroatoms. The van der Waals surface area contributed by atoms with Gasteiger partial charge >= 0.3 is 0 Å². The number of nitrogens with zero attached hydrogens (tertiary/aromatic N) is 3. The first kappa shape index (κ1) is 20.4. The average Bonchev–Trinajstić information content (AvgIpc) is 3.10. The van der Waals surface area contributed by atoms with E-state index in [-0.39, 0.29) is 5.91 Å². The summed E-state index contributed by atoms with van der Waals surface area (Å²) in [7, 11) is 3.49. The van der Waals surface area contributed by atoms with Crippen molar-refractivity contribution in [1.29, 1.82) is 0 Å². The van der Waals surface area contributed by atoms with Gasteiger partial charge in [-0.3, -0.25) is 9.69 Å². The average molecular weight is 509 g/mol. The number of fused-ring (bicyclic) bond motifs is 1. The molecule has 1 aliphatic heterocycles. The molecule has 0 unspecified atom stereocenters. The molecule has 3 aromatic rings. The lowest BCUT2D eigenvalue weighted by atomic mass is 10.1. The van der Waals surface area contributed by atoms with Gasteiger partial charge in [-0.05, 0) is 54.2 Å². The SMILES string of the molecule is CN1C(=O)/C(=C/c2cn(Cc3ccc(Cl)cc3Cl)c3ccc(Br)cc23)N(C)C1=S. The first-order chi connectivity index (χ1) is 13.8. The summed E-state index contributed by atoms with van der Waals surface area (Å²) in [6, 6.07) is 11.6. The molecule has 0 aliphatic carbocycles. The van der Waals surface area contributed by atoms with Crippen molar-refractivity contribution in [2.75, 3.05) is 14.1 Å². The van der Waals surface area contributed by atoms with E-state index in [0.717, 1.165) is 26.5 Å². The van der Waals surface area contributed by atoms with Crippen molar-refractivity contribution in [2.24, 2.45) is 0 Å². The summed E-state index contributed by atoms with van der Waals surface area (Å²) in [5.74, 6) is -0.117. The number of thiocarbonyl (C=S) groups is 1. The smallest absolute Gasteiger partial charge is 0.276 e. The van der Waals surface area contributed by atoms with E-state index >= 15 is 0 Å². The topological polar surface area (TPSA) is 28.5 Å². The molecule has 0 N–H and O–H groups in total. The molecule has 1 saturated heterocycles. The van der Waals surface area contributed by atoms with Crippen molar-refractivity contribution in [3.63, 3.8) is 0 Å². The van der Waals surface area contributed by atoms with Crippen molar-refractivity contribution >= 4 is 79.3 Å². The lowest BCUT2D eigenvalue weighted by Gasteiger charge is -2.10. The third-order valence-corrected chi connectivity index (χ3v) is 6.61. The fourth-order valence-electron chi connectivity index (χ4n) is 3.41. The summed E-state index contributed by atoms with van der Waals surface area (Å²) in [6.45, 7) is 0.583. The molecule has 1 aromatic heterocycles. The number of rotatable bonds is 3. The van der Waals surface area contributed by atoms with Crippen LogP contribution in [0.25, 0.3) is 17.0 Å². The normalized spacial score (nSPS) is 16.0. The summed E-state index contributed by atoms with van der Waals surface area (Å²) in [6.07, 6.45) is 3.91. The van der Waals surface area contributed by atoms with Crippen molar-refractivity contribution < 1.29 is 4.79 Å². The Morgan fingerprint density at radius 1 is 1.10 bits per heavy atom.